The first kappa shape index (κ1) is 11.2. The van der Waals surface area contributed by atoms with Gasteiger partial charge in [0.25, 0.3) is 0 Å². The Balaban J connectivity index is 2.26. The Bertz CT molecular complexity index is 414. The van der Waals surface area contributed by atoms with Gasteiger partial charge < -0.3 is 0 Å². The quantitative estimate of drug-likeness (QED) is 0.718. The normalized spacial score (nSPS) is 23.3. The third-order valence-corrected chi connectivity index (χ3v) is 3.56. The average molecular weight is 221 g/mol. The topological polar surface area (TPSA) is 30.0 Å². The molecule has 0 bridgehead atoms. The molecule has 1 saturated carbocycles. The molecule has 1 aliphatic carbocycles. The zero-order valence-corrected chi connectivity index (χ0v) is 9.66. The number of nitrogens with zero attached hydrogens (tertiary/aromatic N) is 1. The number of halogens is 1. The summed E-state index contributed by atoms with van der Waals surface area (Å²) in [4.78, 5) is 15.9. The van der Waals surface area contributed by atoms with Crippen LogP contribution in [0.15, 0.2) is 18.5 Å². The predicted molar refractivity (Wildman–Crippen MR) is 59.6 cm³/mol. The fraction of sp³-hybridized carbons (Fsp3) is 0.538. The highest BCUT2D eigenvalue weighted by Gasteiger charge is 2.39. The second-order valence-corrected chi connectivity index (χ2v) is 5.19. The highest BCUT2D eigenvalue weighted by molar-refractivity contribution is 5.98. The highest BCUT2D eigenvalue weighted by Crippen LogP contribution is 2.44. The molecule has 0 aliphatic heterocycles. The van der Waals surface area contributed by atoms with Gasteiger partial charge in [-0.25, -0.2) is 4.39 Å². The van der Waals surface area contributed by atoms with Gasteiger partial charge in [-0.1, -0.05) is 20.3 Å². The van der Waals surface area contributed by atoms with Gasteiger partial charge in [-0.3, -0.25) is 9.78 Å². The van der Waals surface area contributed by atoms with E-state index in [1.165, 1.54) is 12.3 Å². The van der Waals surface area contributed by atoms with Crippen molar-refractivity contribution in [2.75, 3.05) is 0 Å². The summed E-state index contributed by atoms with van der Waals surface area (Å²) in [5.74, 6) is -0.396. The van der Waals surface area contributed by atoms with Gasteiger partial charge in [-0.15, -0.1) is 0 Å². The lowest BCUT2D eigenvalue weighted by Gasteiger charge is -2.25. The van der Waals surface area contributed by atoms with E-state index in [0.29, 0.717) is 5.56 Å². The summed E-state index contributed by atoms with van der Waals surface area (Å²) < 4.78 is 13.0. The molecular weight excluding hydrogens is 205 g/mol. The van der Waals surface area contributed by atoms with E-state index in [2.05, 4.69) is 18.8 Å². The van der Waals surface area contributed by atoms with Gasteiger partial charge >= 0.3 is 0 Å². The minimum Gasteiger partial charge on any atom is -0.294 e. The van der Waals surface area contributed by atoms with E-state index in [1.807, 2.05) is 0 Å². The molecule has 0 spiro atoms. The molecule has 0 amide bonds. The summed E-state index contributed by atoms with van der Waals surface area (Å²) in [6.45, 7) is 4.21. The molecule has 1 atom stereocenters. The fourth-order valence-corrected chi connectivity index (χ4v) is 2.56. The van der Waals surface area contributed by atoms with Crippen LogP contribution in [0.4, 0.5) is 4.39 Å². The van der Waals surface area contributed by atoms with Gasteiger partial charge in [0.15, 0.2) is 5.78 Å². The summed E-state index contributed by atoms with van der Waals surface area (Å²) >= 11 is 0. The van der Waals surface area contributed by atoms with Gasteiger partial charge in [-0.2, -0.15) is 0 Å². The summed E-state index contributed by atoms with van der Waals surface area (Å²) in [7, 11) is 0. The maximum Gasteiger partial charge on any atom is 0.168 e. The van der Waals surface area contributed by atoms with Crippen molar-refractivity contribution in [3.63, 3.8) is 0 Å². The lowest BCUT2D eigenvalue weighted by Crippen LogP contribution is -2.26. The smallest absolute Gasteiger partial charge is 0.168 e. The minimum absolute atomic E-state index is 0.0103. The predicted octanol–water partition coefficient (Wildman–Crippen LogP) is 3.23. The van der Waals surface area contributed by atoms with E-state index in [1.54, 1.807) is 0 Å². The number of Topliss-reactive ketones (excluding diaryl/α,β-unsaturated/α-hetero) is 1. The Morgan fingerprint density at radius 3 is 2.81 bits per heavy atom. The summed E-state index contributed by atoms with van der Waals surface area (Å²) in [5, 5.41) is 0. The highest BCUT2D eigenvalue weighted by atomic mass is 19.1. The number of rotatable bonds is 2. The lowest BCUT2D eigenvalue weighted by molar-refractivity contribution is 0.0838. The second kappa shape index (κ2) is 3.96. The Labute approximate surface area is 94.9 Å². The van der Waals surface area contributed by atoms with Crippen molar-refractivity contribution in [2.24, 2.45) is 11.3 Å². The van der Waals surface area contributed by atoms with Crippen LogP contribution in [0.5, 0.6) is 0 Å². The minimum atomic E-state index is -0.443. The Kier molecular flexibility index (Phi) is 2.78. The number of pyridine rings is 1. The molecule has 86 valence electrons. The van der Waals surface area contributed by atoms with Gasteiger partial charge in [0.05, 0.1) is 6.20 Å². The van der Waals surface area contributed by atoms with Crippen LogP contribution in [0, 0.1) is 17.2 Å². The van der Waals surface area contributed by atoms with Gasteiger partial charge in [0.2, 0.25) is 0 Å². The zero-order chi connectivity index (χ0) is 11.8. The van der Waals surface area contributed by atoms with Crippen LogP contribution in [-0.4, -0.2) is 10.8 Å². The van der Waals surface area contributed by atoms with Crippen LogP contribution in [0.25, 0.3) is 0 Å². The largest absolute Gasteiger partial charge is 0.294 e. The fourth-order valence-electron chi connectivity index (χ4n) is 2.56. The molecular formula is C13H16FNO. The number of carbonyl (C=O) groups excluding carboxylic acids is 1. The molecule has 0 radical (unpaired) electrons. The molecule has 1 unspecified atom stereocenters. The Morgan fingerprint density at radius 1 is 1.50 bits per heavy atom. The van der Waals surface area contributed by atoms with Crippen LogP contribution in [0.1, 0.15) is 43.5 Å². The van der Waals surface area contributed by atoms with Crippen molar-refractivity contribution in [1.29, 1.82) is 0 Å². The van der Waals surface area contributed by atoms with Crippen molar-refractivity contribution in [1.82, 2.24) is 4.98 Å². The van der Waals surface area contributed by atoms with E-state index in [0.717, 1.165) is 25.5 Å². The molecule has 1 heterocycles. The number of hydrogen-bond acceptors (Lipinski definition) is 2. The molecule has 1 aromatic rings. The molecule has 1 fully saturated rings. The first-order valence-electron chi connectivity index (χ1n) is 5.65. The molecule has 16 heavy (non-hydrogen) atoms. The number of carbonyl (C=O) groups is 1. The molecule has 0 N–H and O–H groups in total. The first-order valence-corrected chi connectivity index (χ1v) is 5.65. The first-order chi connectivity index (χ1) is 7.50. The summed E-state index contributed by atoms with van der Waals surface area (Å²) in [6.07, 6.45) is 5.62. The number of ketones is 1. The van der Waals surface area contributed by atoms with Gasteiger partial charge in [0.1, 0.15) is 5.82 Å². The van der Waals surface area contributed by atoms with Crippen molar-refractivity contribution < 1.29 is 9.18 Å². The second-order valence-electron chi connectivity index (χ2n) is 5.19. The van der Waals surface area contributed by atoms with Crippen LogP contribution < -0.4 is 0 Å². The molecule has 0 saturated heterocycles. The Morgan fingerprint density at radius 2 is 2.25 bits per heavy atom. The van der Waals surface area contributed by atoms with Gasteiger partial charge in [-0.05, 0) is 24.3 Å². The monoisotopic (exact) mass is 221 g/mol. The van der Waals surface area contributed by atoms with Crippen LogP contribution in [-0.2, 0) is 0 Å². The molecule has 1 aliphatic rings. The lowest BCUT2D eigenvalue weighted by atomic mass is 9.78. The van der Waals surface area contributed by atoms with Crippen molar-refractivity contribution >= 4 is 5.78 Å². The molecule has 1 aromatic heterocycles. The number of aromatic nitrogens is 1. The van der Waals surface area contributed by atoms with Crippen molar-refractivity contribution in [3.05, 3.63) is 29.8 Å². The van der Waals surface area contributed by atoms with Gasteiger partial charge in [0, 0.05) is 17.7 Å². The summed E-state index contributed by atoms with van der Waals surface area (Å²) in [5.41, 5.74) is 0.434. The third kappa shape index (κ3) is 1.99. The Hall–Kier alpha value is -1.25. The van der Waals surface area contributed by atoms with E-state index in [4.69, 9.17) is 0 Å². The molecule has 2 nitrogen and oxygen atoms in total. The summed E-state index contributed by atoms with van der Waals surface area (Å²) in [6, 6.07) is 1.28. The standard InChI is InChI=1S/C13H16FNO/c1-13(2)5-3-4-11(13)12(16)9-6-10(14)8-15-7-9/h6-8,11H,3-5H2,1-2H3. The molecule has 0 aromatic carbocycles. The number of hydrogen-bond donors (Lipinski definition) is 0. The van der Waals surface area contributed by atoms with Crippen LogP contribution in [0.2, 0.25) is 0 Å². The zero-order valence-electron chi connectivity index (χ0n) is 9.66. The SMILES string of the molecule is CC1(C)CCCC1C(=O)c1cncc(F)c1. The maximum atomic E-state index is 13.0. The molecule has 3 heteroatoms. The maximum absolute atomic E-state index is 13.0. The van der Waals surface area contributed by atoms with E-state index >= 15 is 0 Å². The molecule has 2 rings (SSSR count). The van der Waals surface area contributed by atoms with Crippen LogP contribution in [0.3, 0.4) is 0 Å². The van der Waals surface area contributed by atoms with E-state index in [9.17, 15) is 9.18 Å². The average Bonchev–Trinajstić information content (AvgIpc) is 2.57. The van der Waals surface area contributed by atoms with E-state index in [-0.39, 0.29) is 17.1 Å². The van der Waals surface area contributed by atoms with E-state index < -0.39 is 5.82 Å². The van der Waals surface area contributed by atoms with Crippen molar-refractivity contribution in [3.8, 4) is 0 Å². The van der Waals surface area contributed by atoms with Crippen LogP contribution >= 0.6 is 0 Å². The third-order valence-electron chi connectivity index (χ3n) is 3.56. The van der Waals surface area contributed by atoms with Crippen molar-refractivity contribution in [2.45, 2.75) is 33.1 Å².